The molecule has 2 nitrogen and oxygen atoms in total. The minimum atomic E-state index is -0.842. The van der Waals surface area contributed by atoms with Crippen LogP contribution in [0.25, 0.3) is 0 Å². The number of nitriles is 1. The van der Waals surface area contributed by atoms with E-state index in [-0.39, 0.29) is 6.42 Å². The van der Waals surface area contributed by atoms with Crippen molar-refractivity contribution in [3.05, 3.63) is 11.1 Å². The summed E-state index contributed by atoms with van der Waals surface area (Å²) in [6.45, 7) is 6.19. The van der Waals surface area contributed by atoms with Crippen LogP contribution in [0.3, 0.4) is 0 Å². The Bertz CT molecular complexity index is 283. The van der Waals surface area contributed by atoms with Crippen LogP contribution in [-0.4, -0.2) is 10.7 Å². The summed E-state index contributed by atoms with van der Waals surface area (Å²) in [5.41, 5.74) is 1.43. The van der Waals surface area contributed by atoms with Crippen molar-refractivity contribution in [2.45, 2.75) is 52.1 Å². The lowest BCUT2D eigenvalue weighted by Crippen LogP contribution is -2.37. The van der Waals surface area contributed by atoms with Crippen molar-refractivity contribution >= 4 is 0 Å². The molecule has 0 aromatic heterocycles. The number of hydrogen-bond acceptors (Lipinski definition) is 2. The summed E-state index contributed by atoms with van der Waals surface area (Å²) in [5, 5.41) is 19.1. The molecule has 0 saturated heterocycles. The molecule has 1 aliphatic carbocycles. The van der Waals surface area contributed by atoms with Crippen LogP contribution in [0.5, 0.6) is 0 Å². The van der Waals surface area contributed by atoms with Crippen molar-refractivity contribution in [2.75, 3.05) is 0 Å². The number of hydrogen-bond donors (Lipinski definition) is 1. The molecule has 1 rings (SSSR count). The van der Waals surface area contributed by atoms with Crippen molar-refractivity contribution < 1.29 is 5.11 Å². The molecule has 1 saturated carbocycles. The quantitative estimate of drug-likeness (QED) is 0.651. The van der Waals surface area contributed by atoms with Gasteiger partial charge in [-0.1, -0.05) is 12.5 Å². The highest BCUT2D eigenvalue weighted by atomic mass is 16.3. The molecule has 0 heterocycles. The summed E-state index contributed by atoms with van der Waals surface area (Å²) in [6.07, 6.45) is 3.05. The van der Waals surface area contributed by atoms with Gasteiger partial charge in [0.15, 0.2) is 0 Å². The van der Waals surface area contributed by atoms with E-state index < -0.39 is 5.60 Å². The highest BCUT2D eigenvalue weighted by Crippen LogP contribution is 2.40. The molecule has 2 atom stereocenters. The highest BCUT2D eigenvalue weighted by molar-refractivity contribution is 5.25. The predicted octanol–water partition coefficient (Wildman–Crippen LogP) is 2.79. The van der Waals surface area contributed by atoms with Crippen LogP contribution in [0.4, 0.5) is 0 Å². The fourth-order valence-corrected chi connectivity index (χ4v) is 2.45. The van der Waals surface area contributed by atoms with E-state index in [1.807, 2.05) is 13.8 Å². The summed E-state index contributed by atoms with van der Waals surface area (Å²) in [5.74, 6) is 0.524. The number of allylic oxidation sites excluding steroid dienone is 1. The van der Waals surface area contributed by atoms with Gasteiger partial charge in [-0.05, 0) is 44.6 Å². The van der Waals surface area contributed by atoms with Crippen molar-refractivity contribution in [1.29, 1.82) is 5.26 Å². The van der Waals surface area contributed by atoms with Gasteiger partial charge in [-0.25, -0.2) is 0 Å². The standard InChI is InChI=1S/C12H19NO/c1-9(2)11-5-4-10(3)8-12(11,14)6-7-13/h10,14H,4-6,8H2,1-3H3/t10-,12-/m1/s1. The maximum Gasteiger partial charge on any atom is 0.0991 e. The molecule has 14 heavy (non-hydrogen) atoms. The van der Waals surface area contributed by atoms with Crippen LogP contribution in [0.1, 0.15) is 46.5 Å². The fourth-order valence-electron chi connectivity index (χ4n) is 2.45. The molecule has 0 radical (unpaired) electrons. The third-order valence-electron chi connectivity index (χ3n) is 3.11. The minimum Gasteiger partial charge on any atom is -0.384 e. The van der Waals surface area contributed by atoms with Gasteiger partial charge in [-0.2, -0.15) is 5.26 Å². The number of aliphatic hydroxyl groups is 1. The first kappa shape index (κ1) is 11.3. The second kappa shape index (κ2) is 4.14. The Morgan fingerprint density at radius 2 is 2.29 bits per heavy atom. The molecule has 1 aliphatic rings. The molecule has 0 aliphatic heterocycles. The Morgan fingerprint density at radius 1 is 1.64 bits per heavy atom. The van der Waals surface area contributed by atoms with E-state index >= 15 is 0 Å². The van der Waals surface area contributed by atoms with E-state index in [1.165, 1.54) is 5.57 Å². The summed E-state index contributed by atoms with van der Waals surface area (Å²) >= 11 is 0. The average Bonchev–Trinajstić information content (AvgIpc) is 2.02. The van der Waals surface area contributed by atoms with Crippen LogP contribution >= 0.6 is 0 Å². The van der Waals surface area contributed by atoms with E-state index in [2.05, 4.69) is 13.0 Å². The zero-order valence-electron chi connectivity index (χ0n) is 9.30. The summed E-state index contributed by atoms with van der Waals surface area (Å²) in [4.78, 5) is 0. The lowest BCUT2D eigenvalue weighted by molar-refractivity contribution is 0.0373. The maximum atomic E-state index is 10.4. The smallest absolute Gasteiger partial charge is 0.0991 e. The van der Waals surface area contributed by atoms with Gasteiger partial charge in [0.25, 0.3) is 0 Å². The van der Waals surface area contributed by atoms with Gasteiger partial charge < -0.3 is 5.11 Å². The zero-order chi connectivity index (χ0) is 10.8. The van der Waals surface area contributed by atoms with Crippen LogP contribution in [0.15, 0.2) is 11.1 Å². The second-order valence-electron chi connectivity index (χ2n) is 4.69. The van der Waals surface area contributed by atoms with Crippen molar-refractivity contribution in [3.8, 4) is 6.07 Å². The van der Waals surface area contributed by atoms with Gasteiger partial charge in [-0.15, -0.1) is 0 Å². The first-order valence-electron chi connectivity index (χ1n) is 5.26. The van der Waals surface area contributed by atoms with Crippen molar-refractivity contribution in [2.24, 2.45) is 5.92 Å². The molecule has 0 spiro atoms. The SMILES string of the molecule is CC(C)=C1CC[C@@H](C)C[C@]1(O)CC#N. The van der Waals surface area contributed by atoms with Gasteiger partial charge in [0.1, 0.15) is 0 Å². The highest BCUT2D eigenvalue weighted by Gasteiger charge is 2.37. The molecular formula is C12H19NO. The second-order valence-corrected chi connectivity index (χ2v) is 4.69. The van der Waals surface area contributed by atoms with E-state index in [1.54, 1.807) is 0 Å². The third kappa shape index (κ3) is 2.16. The molecule has 2 heteroatoms. The Balaban J connectivity index is 2.96. The van der Waals surface area contributed by atoms with E-state index in [0.29, 0.717) is 5.92 Å². The average molecular weight is 193 g/mol. The lowest BCUT2D eigenvalue weighted by Gasteiger charge is -2.37. The fraction of sp³-hybridized carbons (Fsp3) is 0.750. The lowest BCUT2D eigenvalue weighted by atomic mass is 9.72. The van der Waals surface area contributed by atoms with Crippen molar-refractivity contribution in [1.82, 2.24) is 0 Å². The number of nitrogens with zero attached hydrogens (tertiary/aromatic N) is 1. The molecule has 0 bridgehead atoms. The van der Waals surface area contributed by atoms with Crippen LogP contribution in [-0.2, 0) is 0 Å². The van der Waals surface area contributed by atoms with Gasteiger partial charge in [-0.3, -0.25) is 0 Å². The number of rotatable bonds is 1. The van der Waals surface area contributed by atoms with E-state index in [4.69, 9.17) is 5.26 Å². The molecule has 0 unspecified atom stereocenters. The Hall–Kier alpha value is -0.810. The normalized spacial score (nSPS) is 32.5. The van der Waals surface area contributed by atoms with E-state index in [9.17, 15) is 5.11 Å². The van der Waals surface area contributed by atoms with Gasteiger partial charge >= 0.3 is 0 Å². The molecule has 0 amide bonds. The Morgan fingerprint density at radius 3 is 2.79 bits per heavy atom. The summed E-state index contributed by atoms with van der Waals surface area (Å²) in [6, 6.07) is 2.10. The van der Waals surface area contributed by atoms with Crippen LogP contribution in [0, 0.1) is 17.2 Å². The van der Waals surface area contributed by atoms with E-state index in [0.717, 1.165) is 24.8 Å². The first-order chi connectivity index (χ1) is 6.49. The van der Waals surface area contributed by atoms with Crippen molar-refractivity contribution in [3.63, 3.8) is 0 Å². The monoisotopic (exact) mass is 193 g/mol. The molecule has 1 fully saturated rings. The molecular weight excluding hydrogens is 174 g/mol. The molecule has 0 aromatic rings. The minimum absolute atomic E-state index is 0.234. The molecule has 1 N–H and O–H groups in total. The summed E-state index contributed by atoms with van der Waals surface area (Å²) in [7, 11) is 0. The van der Waals surface area contributed by atoms with Gasteiger partial charge in [0.05, 0.1) is 18.1 Å². The van der Waals surface area contributed by atoms with Crippen LogP contribution in [0.2, 0.25) is 0 Å². The zero-order valence-corrected chi connectivity index (χ0v) is 9.30. The predicted molar refractivity (Wildman–Crippen MR) is 56.6 cm³/mol. The Kier molecular flexibility index (Phi) is 3.34. The van der Waals surface area contributed by atoms with Crippen LogP contribution < -0.4 is 0 Å². The molecule has 78 valence electrons. The summed E-state index contributed by atoms with van der Waals surface area (Å²) < 4.78 is 0. The first-order valence-corrected chi connectivity index (χ1v) is 5.26. The largest absolute Gasteiger partial charge is 0.384 e. The van der Waals surface area contributed by atoms with Gasteiger partial charge in [0, 0.05) is 0 Å². The molecule has 0 aromatic carbocycles. The topological polar surface area (TPSA) is 44.0 Å². The third-order valence-corrected chi connectivity index (χ3v) is 3.11. The maximum absolute atomic E-state index is 10.4. The Labute approximate surface area is 86.2 Å². The van der Waals surface area contributed by atoms with Gasteiger partial charge in [0.2, 0.25) is 0 Å².